The summed E-state index contributed by atoms with van der Waals surface area (Å²) in [6.45, 7) is 1.68. The average Bonchev–Trinajstić information content (AvgIpc) is 2.69. The molecule has 1 N–H and O–H groups in total. The lowest BCUT2D eigenvalue weighted by atomic mass is 10.1. The maximum atomic E-state index is 12.1. The molecule has 1 aromatic heterocycles. The first-order chi connectivity index (χ1) is 13.0. The molecule has 0 fully saturated rings. The van der Waals surface area contributed by atoms with Crippen molar-refractivity contribution in [2.45, 2.75) is 25.5 Å². The highest BCUT2D eigenvalue weighted by molar-refractivity contribution is 5.89. The molecule has 1 aliphatic heterocycles. The lowest BCUT2D eigenvalue weighted by Gasteiger charge is -2.26. The fourth-order valence-electron chi connectivity index (χ4n) is 2.78. The van der Waals surface area contributed by atoms with Crippen LogP contribution in [0.4, 0.5) is 0 Å². The summed E-state index contributed by atoms with van der Waals surface area (Å²) in [5, 5.41) is 0. The molecule has 0 bridgehead atoms. The largest absolute Gasteiger partial charge is 0.497 e. The number of nitrogens with one attached hydrogen (secondary N) is 1. The lowest BCUT2D eigenvalue weighted by molar-refractivity contribution is 0.0117. The van der Waals surface area contributed by atoms with E-state index >= 15 is 0 Å². The molecule has 142 valence electrons. The smallest absolute Gasteiger partial charge is 0.338 e. The van der Waals surface area contributed by atoms with E-state index in [1.165, 1.54) is 17.0 Å². The molecule has 1 aromatic carbocycles. The molecule has 2 atom stereocenters. The van der Waals surface area contributed by atoms with Crippen LogP contribution in [0.2, 0.25) is 0 Å². The van der Waals surface area contributed by atoms with Crippen molar-refractivity contribution in [2.24, 2.45) is 0 Å². The van der Waals surface area contributed by atoms with Crippen molar-refractivity contribution >= 4 is 5.97 Å². The zero-order chi connectivity index (χ0) is 19.4. The molecule has 0 spiro atoms. The van der Waals surface area contributed by atoms with Gasteiger partial charge in [-0.05, 0) is 37.3 Å². The summed E-state index contributed by atoms with van der Waals surface area (Å²) in [5.41, 5.74) is -0.0449. The van der Waals surface area contributed by atoms with E-state index in [1.807, 2.05) is 0 Å². The number of esters is 1. The van der Waals surface area contributed by atoms with Crippen LogP contribution >= 0.6 is 0 Å². The number of aromatic amines is 1. The zero-order valence-corrected chi connectivity index (χ0v) is 15.0. The van der Waals surface area contributed by atoms with E-state index in [2.05, 4.69) is 4.98 Å². The molecule has 8 nitrogen and oxygen atoms in total. The van der Waals surface area contributed by atoms with E-state index in [-0.39, 0.29) is 12.6 Å². The van der Waals surface area contributed by atoms with E-state index in [9.17, 15) is 14.4 Å². The summed E-state index contributed by atoms with van der Waals surface area (Å²) < 4.78 is 17.3. The van der Waals surface area contributed by atoms with Crippen LogP contribution in [0.1, 0.15) is 28.4 Å². The molecule has 0 unspecified atom stereocenters. The topological polar surface area (TPSA) is 99.6 Å². The third kappa shape index (κ3) is 4.28. The third-order valence-electron chi connectivity index (χ3n) is 4.31. The van der Waals surface area contributed by atoms with Gasteiger partial charge in [-0.2, -0.15) is 0 Å². The van der Waals surface area contributed by atoms with Crippen molar-refractivity contribution in [3.05, 3.63) is 74.8 Å². The molecule has 0 aliphatic carbocycles. The minimum absolute atomic E-state index is 0.0444. The zero-order valence-electron chi connectivity index (χ0n) is 15.0. The Morgan fingerprint density at radius 3 is 2.74 bits per heavy atom. The second kappa shape index (κ2) is 7.94. The summed E-state index contributed by atoms with van der Waals surface area (Å²) in [5.74, 6) is 0.182. The van der Waals surface area contributed by atoms with Gasteiger partial charge in [0.25, 0.3) is 5.56 Å². The first kappa shape index (κ1) is 18.5. The van der Waals surface area contributed by atoms with Gasteiger partial charge < -0.3 is 14.2 Å². The fraction of sp³-hybridized carbons (Fsp3) is 0.316. The number of rotatable bonds is 5. The van der Waals surface area contributed by atoms with Crippen molar-refractivity contribution in [1.82, 2.24) is 9.55 Å². The third-order valence-corrected chi connectivity index (χ3v) is 4.31. The molecular formula is C19H20N2O6. The Bertz CT molecular complexity index is 957. The number of aryl methyl sites for hydroxylation is 1. The molecule has 0 amide bonds. The Labute approximate surface area is 155 Å². The highest BCUT2D eigenvalue weighted by atomic mass is 16.6. The van der Waals surface area contributed by atoms with Gasteiger partial charge in [0.2, 0.25) is 0 Å². The highest BCUT2D eigenvalue weighted by Crippen LogP contribution is 2.21. The Hall–Kier alpha value is -3.29. The molecule has 3 rings (SSSR count). The van der Waals surface area contributed by atoms with Crippen LogP contribution in [0.5, 0.6) is 5.75 Å². The Morgan fingerprint density at radius 1 is 1.30 bits per heavy atom. The van der Waals surface area contributed by atoms with Crippen LogP contribution in [-0.4, -0.2) is 35.3 Å². The van der Waals surface area contributed by atoms with Crippen LogP contribution in [0.15, 0.2) is 52.4 Å². The normalized spacial score (nSPS) is 18.6. The number of hydrogen-bond donors (Lipinski definition) is 1. The second-order valence-corrected chi connectivity index (χ2v) is 6.20. The van der Waals surface area contributed by atoms with E-state index in [4.69, 9.17) is 14.2 Å². The number of aromatic nitrogens is 2. The summed E-state index contributed by atoms with van der Waals surface area (Å²) in [7, 11) is 1.55. The quantitative estimate of drug-likeness (QED) is 0.800. The molecule has 2 aromatic rings. The Balaban J connectivity index is 1.63. The molecule has 0 saturated carbocycles. The minimum atomic E-state index is -0.490. The summed E-state index contributed by atoms with van der Waals surface area (Å²) in [6, 6.07) is 6.29. The van der Waals surface area contributed by atoms with E-state index < -0.39 is 23.3 Å². The lowest BCUT2D eigenvalue weighted by Crippen LogP contribution is -2.36. The highest BCUT2D eigenvalue weighted by Gasteiger charge is 2.23. The summed E-state index contributed by atoms with van der Waals surface area (Å²) in [6.07, 6.45) is 4.74. The second-order valence-electron chi connectivity index (χ2n) is 6.20. The van der Waals surface area contributed by atoms with Crippen LogP contribution < -0.4 is 16.0 Å². The van der Waals surface area contributed by atoms with Crippen molar-refractivity contribution in [3.63, 3.8) is 0 Å². The van der Waals surface area contributed by atoms with E-state index in [1.54, 1.807) is 44.4 Å². The Morgan fingerprint density at radius 2 is 2.04 bits per heavy atom. The molecule has 27 heavy (non-hydrogen) atoms. The number of carbonyl (C=O) groups is 1. The van der Waals surface area contributed by atoms with Gasteiger partial charge in [0.15, 0.2) is 0 Å². The number of benzene rings is 1. The van der Waals surface area contributed by atoms with Gasteiger partial charge in [0, 0.05) is 18.2 Å². The van der Waals surface area contributed by atoms with Gasteiger partial charge in [-0.25, -0.2) is 9.59 Å². The number of hydrogen-bond acceptors (Lipinski definition) is 6. The molecular weight excluding hydrogens is 352 g/mol. The first-order valence-corrected chi connectivity index (χ1v) is 8.43. The number of nitrogens with zero attached hydrogens (tertiary/aromatic N) is 1. The van der Waals surface area contributed by atoms with Crippen LogP contribution in [0, 0.1) is 6.92 Å². The van der Waals surface area contributed by atoms with Crippen molar-refractivity contribution < 1.29 is 19.0 Å². The van der Waals surface area contributed by atoms with Crippen molar-refractivity contribution in [3.8, 4) is 5.75 Å². The standard InChI is InChI=1S/C19H20N2O6/c1-12-10-21(19(24)20-17(12)22)14-7-8-26-16(9-14)11-27-18(23)13-3-5-15(25-2)6-4-13/h3-8,10,14,16H,9,11H2,1-2H3,(H,20,22,24)/t14-,16-/m0/s1. The van der Waals surface area contributed by atoms with Gasteiger partial charge >= 0.3 is 11.7 Å². The predicted octanol–water partition coefficient (Wildman–Crippen LogP) is 1.55. The minimum Gasteiger partial charge on any atom is -0.497 e. The maximum Gasteiger partial charge on any atom is 0.338 e. The van der Waals surface area contributed by atoms with Gasteiger partial charge in [-0.3, -0.25) is 14.3 Å². The van der Waals surface area contributed by atoms with Crippen LogP contribution in [0.25, 0.3) is 0 Å². The number of H-pyrrole nitrogens is 1. The molecule has 0 radical (unpaired) electrons. The van der Waals surface area contributed by atoms with E-state index in [0.717, 1.165) is 0 Å². The maximum absolute atomic E-state index is 12.1. The SMILES string of the molecule is COc1ccc(C(=O)OC[C@@H]2C[C@@H](n3cc(C)c(=O)[nH]c3=O)C=CO2)cc1. The van der Waals surface area contributed by atoms with Gasteiger partial charge in [-0.15, -0.1) is 0 Å². The summed E-state index contributed by atoms with van der Waals surface area (Å²) in [4.78, 5) is 38.0. The molecule has 0 saturated heterocycles. The van der Waals surface area contributed by atoms with Crippen LogP contribution in [-0.2, 0) is 9.47 Å². The number of ether oxygens (including phenoxy) is 3. The van der Waals surface area contributed by atoms with E-state index in [0.29, 0.717) is 23.3 Å². The number of methoxy groups -OCH3 is 1. The van der Waals surface area contributed by atoms with Gasteiger partial charge in [0.1, 0.15) is 18.5 Å². The fourth-order valence-corrected chi connectivity index (χ4v) is 2.78. The average molecular weight is 372 g/mol. The van der Waals surface area contributed by atoms with Gasteiger partial charge in [0.05, 0.1) is 25.0 Å². The van der Waals surface area contributed by atoms with Crippen molar-refractivity contribution in [1.29, 1.82) is 0 Å². The Kier molecular flexibility index (Phi) is 5.44. The van der Waals surface area contributed by atoms with Crippen molar-refractivity contribution in [2.75, 3.05) is 13.7 Å². The molecule has 2 heterocycles. The monoisotopic (exact) mass is 372 g/mol. The molecule has 1 aliphatic rings. The van der Waals surface area contributed by atoms with Crippen LogP contribution in [0.3, 0.4) is 0 Å². The predicted molar refractivity (Wildman–Crippen MR) is 97.0 cm³/mol. The first-order valence-electron chi connectivity index (χ1n) is 8.43. The summed E-state index contributed by atoms with van der Waals surface area (Å²) >= 11 is 0. The molecule has 8 heteroatoms. The number of carbonyl (C=O) groups excluding carboxylic acids is 1. The van der Waals surface area contributed by atoms with Gasteiger partial charge in [-0.1, -0.05) is 0 Å². The number of allylic oxidation sites excluding steroid dienone is 1.